The van der Waals surface area contributed by atoms with E-state index in [0.29, 0.717) is 6.42 Å². The first-order valence-corrected chi connectivity index (χ1v) is 6.90. The second-order valence-corrected chi connectivity index (χ2v) is 5.48. The van der Waals surface area contributed by atoms with Crippen LogP contribution < -0.4 is 4.74 Å². The lowest BCUT2D eigenvalue weighted by molar-refractivity contribution is -0.143. The van der Waals surface area contributed by atoms with Gasteiger partial charge in [-0.05, 0) is 49.1 Å². The van der Waals surface area contributed by atoms with Crippen molar-refractivity contribution in [2.24, 2.45) is 0 Å². The molecule has 0 spiro atoms. The summed E-state index contributed by atoms with van der Waals surface area (Å²) < 4.78 is 5.13. The quantitative estimate of drug-likeness (QED) is 0.912. The fraction of sp³-hybridized carbons (Fsp3) is 0.278. The number of hydrogen-bond acceptors (Lipinski definition) is 2. The minimum atomic E-state index is -0.945. The Morgan fingerprint density at radius 2 is 1.76 bits per heavy atom. The van der Waals surface area contributed by atoms with Crippen molar-refractivity contribution in [2.45, 2.75) is 25.7 Å². The van der Waals surface area contributed by atoms with Gasteiger partial charge in [0.1, 0.15) is 5.75 Å². The first kappa shape index (κ1) is 15.1. The predicted octanol–water partition coefficient (Wildman–Crippen LogP) is 3.59. The molecule has 0 aliphatic carbocycles. The predicted molar refractivity (Wildman–Crippen MR) is 82.9 cm³/mol. The maximum Gasteiger partial charge on any atom is 0.314 e. The summed E-state index contributed by atoms with van der Waals surface area (Å²) in [7, 11) is 1.61. The maximum atomic E-state index is 11.9. The fourth-order valence-electron chi connectivity index (χ4n) is 2.63. The van der Waals surface area contributed by atoms with Crippen LogP contribution >= 0.6 is 0 Å². The molecule has 0 radical (unpaired) electrons. The number of aliphatic carboxylic acids is 1. The molecule has 0 saturated heterocycles. The second kappa shape index (κ2) is 6.00. The smallest absolute Gasteiger partial charge is 0.314 e. The molecule has 2 rings (SSSR count). The number of benzene rings is 2. The van der Waals surface area contributed by atoms with Crippen molar-refractivity contribution in [2.75, 3.05) is 7.11 Å². The van der Waals surface area contributed by atoms with Crippen molar-refractivity contribution in [3.05, 3.63) is 65.2 Å². The van der Waals surface area contributed by atoms with E-state index in [2.05, 4.69) is 0 Å². The van der Waals surface area contributed by atoms with Crippen LogP contribution in [0.25, 0.3) is 0 Å². The summed E-state index contributed by atoms with van der Waals surface area (Å²) in [6.45, 7) is 3.73. The number of ether oxygens (including phenoxy) is 1. The highest BCUT2D eigenvalue weighted by Crippen LogP contribution is 2.31. The van der Waals surface area contributed by atoms with E-state index in [1.165, 1.54) is 0 Å². The summed E-state index contributed by atoms with van der Waals surface area (Å²) in [5, 5.41) is 9.75. The molecule has 110 valence electrons. The van der Waals surface area contributed by atoms with Crippen molar-refractivity contribution in [1.29, 1.82) is 0 Å². The molecule has 0 fully saturated rings. The SMILES string of the molecule is COc1ccc(CC(C)(C(=O)O)c2ccccc2C)cc1. The summed E-state index contributed by atoms with van der Waals surface area (Å²) >= 11 is 0. The van der Waals surface area contributed by atoms with Gasteiger partial charge in [0.05, 0.1) is 12.5 Å². The molecule has 0 amide bonds. The van der Waals surface area contributed by atoms with Crippen molar-refractivity contribution in [3.63, 3.8) is 0 Å². The normalized spacial score (nSPS) is 13.5. The standard InChI is InChI=1S/C18H20O3/c1-13-6-4-5-7-16(13)18(2,17(19)20)12-14-8-10-15(21-3)11-9-14/h4-11H,12H2,1-3H3,(H,19,20). The molecule has 1 atom stereocenters. The number of hydrogen-bond donors (Lipinski definition) is 1. The van der Waals surface area contributed by atoms with E-state index in [9.17, 15) is 9.90 Å². The summed E-state index contributed by atoms with van der Waals surface area (Å²) in [4.78, 5) is 11.9. The largest absolute Gasteiger partial charge is 0.497 e. The zero-order valence-corrected chi connectivity index (χ0v) is 12.6. The molecule has 1 N–H and O–H groups in total. The number of rotatable bonds is 5. The Kier molecular flexibility index (Phi) is 4.32. The number of aryl methyl sites for hydroxylation is 1. The van der Waals surface area contributed by atoms with Gasteiger partial charge in [-0.2, -0.15) is 0 Å². The van der Waals surface area contributed by atoms with E-state index in [4.69, 9.17) is 4.74 Å². The van der Waals surface area contributed by atoms with Gasteiger partial charge < -0.3 is 9.84 Å². The fourth-order valence-corrected chi connectivity index (χ4v) is 2.63. The van der Waals surface area contributed by atoms with Crippen LogP contribution in [0.1, 0.15) is 23.6 Å². The first-order chi connectivity index (χ1) is 9.97. The molecule has 3 heteroatoms. The lowest BCUT2D eigenvalue weighted by atomic mass is 9.75. The summed E-state index contributed by atoms with van der Waals surface area (Å²) in [5.41, 5.74) is 1.88. The topological polar surface area (TPSA) is 46.5 Å². The van der Waals surface area contributed by atoms with Gasteiger partial charge in [-0.15, -0.1) is 0 Å². The van der Waals surface area contributed by atoms with Gasteiger partial charge in [-0.25, -0.2) is 0 Å². The molecule has 3 nitrogen and oxygen atoms in total. The molecule has 2 aromatic rings. The van der Waals surface area contributed by atoms with E-state index < -0.39 is 11.4 Å². The van der Waals surface area contributed by atoms with Crippen LogP contribution in [-0.4, -0.2) is 18.2 Å². The Bertz CT molecular complexity index is 631. The summed E-state index contributed by atoms with van der Waals surface area (Å²) in [5.74, 6) is -0.0423. The minimum absolute atomic E-state index is 0.442. The lowest BCUT2D eigenvalue weighted by Crippen LogP contribution is -2.35. The number of carboxylic acids is 1. The molecular formula is C18H20O3. The third-order valence-electron chi connectivity index (χ3n) is 3.93. The molecule has 0 aliphatic heterocycles. The first-order valence-electron chi connectivity index (χ1n) is 6.90. The Balaban J connectivity index is 2.38. The molecule has 0 heterocycles. The molecule has 2 aromatic carbocycles. The van der Waals surface area contributed by atoms with Crippen LogP contribution in [0.15, 0.2) is 48.5 Å². The third kappa shape index (κ3) is 3.07. The zero-order valence-electron chi connectivity index (χ0n) is 12.6. The van der Waals surface area contributed by atoms with E-state index in [1.54, 1.807) is 14.0 Å². The van der Waals surface area contributed by atoms with Crippen molar-refractivity contribution in [1.82, 2.24) is 0 Å². The van der Waals surface area contributed by atoms with Gasteiger partial charge >= 0.3 is 5.97 Å². The Hall–Kier alpha value is -2.29. The minimum Gasteiger partial charge on any atom is -0.497 e. The molecule has 1 unspecified atom stereocenters. The van der Waals surface area contributed by atoms with Crippen molar-refractivity contribution in [3.8, 4) is 5.75 Å². The number of carboxylic acid groups (broad SMARTS) is 1. The molecular weight excluding hydrogens is 264 g/mol. The van der Waals surface area contributed by atoms with Crippen LogP contribution in [0, 0.1) is 6.92 Å². The van der Waals surface area contributed by atoms with E-state index in [0.717, 1.165) is 22.4 Å². The second-order valence-electron chi connectivity index (χ2n) is 5.48. The van der Waals surface area contributed by atoms with Gasteiger partial charge in [0.15, 0.2) is 0 Å². The van der Waals surface area contributed by atoms with Crippen LogP contribution in [0.4, 0.5) is 0 Å². The van der Waals surface area contributed by atoms with Crippen molar-refractivity contribution >= 4 is 5.97 Å². The van der Waals surface area contributed by atoms with Crippen LogP contribution in [-0.2, 0) is 16.6 Å². The molecule has 21 heavy (non-hydrogen) atoms. The molecule has 0 aliphatic rings. The lowest BCUT2D eigenvalue weighted by Gasteiger charge is -2.27. The third-order valence-corrected chi connectivity index (χ3v) is 3.93. The highest BCUT2D eigenvalue weighted by molar-refractivity contribution is 5.82. The van der Waals surface area contributed by atoms with Gasteiger partial charge in [0.25, 0.3) is 0 Å². The van der Waals surface area contributed by atoms with Gasteiger partial charge in [-0.3, -0.25) is 4.79 Å². The Morgan fingerprint density at radius 3 is 2.29 bits per heavy atom. The number of carbonyl (C=O) groups is 1. The maximum absolute atomic E-state index is 11.9. The van der Waals surface area contributed by atoms with Gasteiger partial charge in [0, 0.05) is 0 Å². The molecule has 0 aromatic heterocycles. The van der Waals surface area contributed by atoms with E-state index >= 15 is 0 Å². The molecule has 0 bridgehead atoms. The number of methoxy groups -OCH3 is 1. The highest BCUT2D eigenvalue weighted by Gasteiger charge is 2.36. The summed E-state index contributed by atoms with van der Waals surface area (Å²) in [6, 6.07) is 15.2. The monoisotopic (exact) mass is 284 g/mol. The van der Waals surface area contributed by atoms with Gasteiger partial charge in [-0.1, -0.05) is 36.4 Å². The Morgan fingerprint density at radius 1 is 1.14 bits per heavy atom. The van der Waals surface area contributed by atoms with Gasteiger partial charge in [0.2, 0.25) is 0 Å². The zero-order chi connectivity index (χ0) is 15.5. The van der Waals surface area contributed by atoms with Crippen LogP contribution in [0.2, 0.25) is 0 Å². The highest BCUT2D eigenvalue weighted by atomic mass is 16.5. The van der Waals surface area contributed by atoms with Crippen LogP contribution in [0.5, 0.6) is 5.75 Å². The van der Waals surface area contributed by atoms with Crippen molar-refractivity contribution < 1.29 is 14.6 Å². The average molecular weight is 284 g/mol. The average Bonchev–Trinajstić information content (AvgIpc) is 2.48. The molecule has 0 saturated carbocycles. The van der Waals surface area contributed by atoms with E-state index in [1.807, 2.05) is 55.5 Å². The summed E-state index contributed by atoms with van der Waals surface area (Å²) in [6.07, 6.45) is 0.442. The van der Waals surface area contributed by atoms with Crippen LogP contribution in [0.3, 0.4) is 0 Å². The van der Waals surface area contributed by atoms with E-state index in [-0.39, 0.29) is 0 Å². The Labute approximate surface area is 125 Å².